The molecule has 1 aromatic rings. The van der Waals surface area contributed by atoms with Crippen LogP contribution in [0.1, 0.15) is 25.5 Å². The van der Waals surface area contributed by atoms with E-state index in [1.807, 2.05) is 0 Å². The third-order valence-electron chi connectivity index (χ3n) is 1.45. The van der Waals surface area contributed by atoms with Gasteiger partial charge in [0, 0.05) is 5.69 Å². The van der Waals surface area contributed by atoms with E-state index in [0.717, 1.165) is 10.8 Å². The predicted molar refractivity (Wildman–Crippen MR) is 43.5 cm³/mol. The third-order valence-corrected chi connectivity index (χ3v) is 1.45. The zero-order valence-electron chi connectivity index (χ0n) is 6.70. The summed E-state index contributed by atoms with van der Waals surface area (Å²) in [7, 11) is 0. The Bertz CT molecular complexity index is 204. The van der Waals surface area contributed by atoms with Gasteiger partial charge in [-0.05, 0) is 5.92 Å². The van der Waals surface area contributed by atoms with Gasteiger partial charge >= 0.3 is 0 Å². The highest BCUT2D eigenvalue weighted by atomic mass is 15.6. The Morgan fingerprint density at radius 2 is 2.18 bits per heavy atom. The first-order valence-corrected chi connectivity index (χ1v) is 3.45. The van der Waals surface area contributed by atoms with Gasteiger partial charge < -0.3 is 4.98 Å². The number of hydrogen-bond acceptors (Lipinski definition) is 4. The number of rotatable bonds is 2. The molecule has 0 saturated carbocycles. The van der Waals surface area contributed by atoms with Gasteiger partial charge in [-0.2, -0.15) is 0 Å². The molecule has 5 N–H and O–H groups in total. The molecule has 1 rings (SSSR count). The van der Waals surface area contributed by atoms with Gasteiger partial charge in [0.05, 0.1) is 6.20 Å². The molecule has 0 aliphatic heterocycles. The molecule has 0 atom stereocenters. The lowest BCUT2D eigenvalue weighted by atomic mass is 10.2. The van der Waals surface area contributed by atoms with E-state index in [1.54, 1.807) is 6.20 Å². The maximum atomic E-state index is 5.24. The molecule has 0 aromatic carbocycles. The number of anilines is 1. The summed E-state index contributed by atoms with van der Waals surface area (Å²) in [5.74, 6) is 11.4. The minimum Gasteiger partial charge on any atom is -0.326 e. The summed E-state index contributed by atoms with van der Waals surface area (Å²) in [4.78, 5) is 6.93. The molecular formula is C6H13N5. The van der Waals surface area contributed by atoms with Gasteiger partial charge in [-0.15, -0.1) is 0 Å². The van der Waals surface area contributed by atoms with Crippen molar-refractivity contribution in [3.8, 4) is 0 Å². The van der Waals surface area contributed by atoms with Gasteiger partial charge in [-0.3, -0.25) is 0 Å². The van der Waals surface area contributed by atoms with Crippen LogP contribution in [0.25, 0.3) is 0 Å². The summed E-state index contributed by atoms with van der Waals surface area (Å²) in [6.07, 6.45) is 1.73. The van der Waals surface area contributed by atoms with Gasteiger partial charge in [0.1, 0.15) is 0 Å². The number of H-pyrrole nitrogens is 1. The molecule has 0 amide bonds. The van der Waals surface area contributed by atoms with Crippen molar-refractivity contribution in [3.63, 3.8) is 0 Å². The highest BCUT2D eigenvalue weighted by Gasteiger charge is 2.04. The van der Waals surface area contributed by atoms with Crippen LogP contribution in [-0.4, -0.2) is 9.97 Å². The van der Waals surface area contributed by atoms with E-state index in [0.29, 0.717) is 11.9 Å². The fourth-order valence-corrected chi connectivity index (χ4v) is 0.749. The molecule has 0 bridgehead atoms. The van der Waals surface area contributed by atoms with Crippen molar-refractivity contribution in [1.29, 1.82) is 0 Å². The largest absolute Gasteiger partial charge is 0.326 e. The van der Waals surface area contributed by atoms with Gasteiger partial charge in [0.2, 0.25) is 5.95 Å². The average molecular weight is 155 g/mol. The van der Waals surface area contributed by atoms with E-state index >= 15 is 0 Å². The quantitative estimate of drug-likeness (QED) is 0.417. The molecule has 0 saturated heterocycles. The summed E-state index contributed by atoms with van der Waals surface area (Å²) in [6.45, 7) is 4.13. The summed E-state index contributed by atoms with van der Waals surface area (Å²) in [6, 6.07) is 0. The van der Waals surface area contributed by atoms with E-state index in [2.05, 4.69) is 23.8 Å². The molecule has 0 radical (unpaired) electrons. The average Bonchev–Trinajstić information content (AvgIpc) is 2.33. The van der Waals surface area contributed by atoms with Crippen molar-refractivity contribution in [3.05, 3.63) is 11.9 Å². The molecule has 1 heterocycles. The van der Waals surface area contributed by atoms with E-state index < -0.39 is 0 Å². The highest BCUT2D eigenvalue weighted by Crippen LogP contribution is 2.12. The predicted octanol–water partition coefficient (Wildman–Crippen LogP) is 0.0869. The van der Waals surface area contributed by atoms with Crippen molar-refractivity contribution in [2.75, 3.05) is 5.12 Å². The maximum absolute atomic E-state index is 5.24. The van der Waals surface area contributed by atoms with Crippen molar-refractivity contribution in [2.24, 2.45) is 11.7 Å². The Labute approximate surface area is 65.3 Å². The number of imidazole rings is 1. The summed E-state index contributed by atoms with van der Waals surface area (Å²) >= 11 is 0. The summed E-state index contributed by atoms with van der Waals surface area (Å²) in [5.41, 5.74) is 1.03. The van der Waals surface area contributed by atoms with Crippen LogP contribution in [0, 0.1) is 0 Å². The Balaban J connectivity index is 2.82. The van der Waals surface area contributed by atoms with Crippen LogP contribution >= 0.6 is 0 Å². The molecule has 0 aliphatic carbocycles. The Hall–Kier alpha value is -1.07. The maximum Gasteiger partial charge on any atom is 0.232 e. The standard InChI is InChI=1S/C6H13N5/c1-4(2)5-3-9-6(10-5)11(7)8/h3-4H,7-8H2,1-2H3,(H,9,10). The van der Waals surface area contributed by atoms with Gasteiger partial charge in [-0.1, -0.05) is 13.8 Å². The number of aromatic nitrogens is 2. The van der Waals surface area contributed by atoms with E-state index in [9.17, 15) is 0 Å². The fraction of sp³-hybridized carbons (Fsp3) is 0.500. The first kappa shape index (κ1) is 8.03. The topological polar surface area (TPSA) is 84.0 Å². The molecule has 11 heavy (non-hydrogen) atoms. The zero-order valence-corrected chi connectivity index (χ0v) is 6.70. The second kappa shape index (κ2) is 2.89. The monoisotopic (exact) mass is 155 g/mol. The van der Waals surface area contributed by atoms with Gasteiger partial charge in [0.15, 0.2) is 0 Å². The first-order chi connectivity index (χ1) is 5.11. The highest BCUT2D eigenvalue weighted by molar-refractivity contribution is 5.27. The molecule has 5 nitrogen and oxygen atoms in total. The Kier molecular flexibility index (Phi) is 2.11. The molecule has 0 spiro atoms. The number of aromatic amines is 1. The number of nitrogens with zero attached hydrogens (tertiary/aromatic N) is 2. The molecule has 0 aliphatic rings. The van der Waals surface area contributed by atoms with E-state index in [-0.39, 0.29) is 0 Å². The molecular weight excluding hydrogens is 142 g/mol. The number of hydrazine groups is 2. The second-order valence-electron chi connectivity index (χ2n) is 2.72. The summed E-state index contributed by atoms with van der Waals surface area (Å²) in [5, 5.41) is 0.964. The van der Waals surface area contributed by atoms with Gasteiger partial charge in [0.25, 0.3) is 0 Å². The molecule has 0 unspecified atom stereocenters. The van der Waals surface area contributed by atoms with Crippen LogP contribution in [-0.2, 0) is 0 Å². The SMILES string of the molecule is CC(C)c1cnc(N(N)N)[nH]1. The van der Waals surface area contributed by atoms with Crippen molar-refractivity contribution >= 4 is 5.95 Å². The van der Waals surface area contributed by atoms with Crippen LogP contribution in [0.5, 0.6) is 0 Å². The fourth-order valence-electron chi connectivity index (χ4n) is 0.749. The van der Waals surface area contributed by atoms with Crippen LogP contribution in [0.3, 0.4) is 0 Å². The Morgan fingerprint density at radius 3 is 2.45 bits per heavy atom. The molecule has 5 heteroatoms. The van der Waals surface area contributed by atoms with Crippen LogP contribution in [0.15, 0.2) is 6.20 Å². The van der Waals surface area contributed by atoms with Crippen LogP contribution < -0.4 is 16.8 Å². The normalized spacial score (nSPS) is 10.6. The molecule has 62 valence electrons. The molecule has 0 fully saturated rings. The first-order valence-electron chi connectivity index (χ1n) is 3.45. The number of nitrogens with one attached hydrogen (secondary N) is 1. The second-order valence-corrected chi connectivity index (χ2v) is 2.72. The lowest BCUT2D eigenvalue weighted by Gasteiger charge is -2.05. The molecule has 1 aromatic heterocycles. The minimum atomic E-state index is 0.413. The van der Waals surface area contributed by atoms with Crippen molar-refractivity contribution in [2.45, 2.75) is 19.8 Å². The number of hydrogen-bond donors (Lipinski definition) is 3. The third kappa shape index (κ3) is 1.69. The minimum absolute atomic E-state index is 0.413. The van der Waals surface area contributed by atoms with Crippen molar-refractivity contribution < 1.29 is 0 Å². The Morgan fingerprint density at radius 1 is 1.55 bits per heavy atom. The lowest BCUT2D eigenvalue weighted by molar-refractivity contribution is 0.819. The van der Waals surface area contributed by atoms with E-state index in [1.165, 1.54) is 0 Å². The smallest absolute Gasteiger partial charge is 0.232 e. The van der Waals surface area contributed by atoms with Crippen molar-refractivity contribution in [1.82, 2.24) is 9.97 Å². The summed E-state index contributed by atoms with van der Waals surface area (Å²) < 4.78 is 0. The zero-order chi connectivity index (χ0) is 8.43. The van der Waals surface area contributed by atoms with Crippen LogP contribution in [0.4, 0.5) is 5.95 Å². The van der Waals surface area contributed by atoms with Gasteiger partial charge in [-0.25, -0.2) is 21.8 Å². The number of nitrogens with two attached hydrogens (primary N) is 2. The van der Waals surface area contributed by atoms with Crippen LogP contribution in [0.2, 0.25) is 0 Å². The van der Waals surface area contributed by atoms with E-state index in [4.69, 9.17) is 11.7 Å². The lowest BCUT2D eigenvalue weighted by Crippen LogP contribution is -2.38.